The monoisotopic (exact) mass is 348 g/mol. The molecule has 7 heteroatoms. The van der Waals surface area contributed by atoms with E-state index in [0.29, 0.717) is 24.0 Å². The highest BCUT2D eigenvalue weighted by atomic mass is 19.1. The van der Waals surface area contributed by atoms with E-state index in [0.717, 1.165) is 16.6 Å². The number of fused-ring (bicyclic) bond motifs is 1. The Balaban J connectivity index is 1.53. The van der Waals surface area contributed by atoms with E-state index in [2.05, 4.69) is 25.8 Å². The van der Waals surface area contributed by atoms with Crippen LogP contribution in [-0.2, 0) is 6.54 Å². The maximum atomic E-state index is 14.0. The SMILES string of the molecule is Nc1ncnc2c1c(C1CC1)cn2Cc1cnn(-c2ccccc2F)c1. The van der Waals surface area contributed by atoms with Crippen LogP contribution >= 0.6 is 0 Å². The molecule has 0 unspecified atom stereocenters. The fourth-order valence-corrected chi connectivity index (χ4v) is 3.41. The molecule has 1 aliphatic rings. The van der Waals surface area contributed by atoms with Crippen LogP contribution in [-0.4, -0.2) is 24.3 Å². The van der Waals surface area contributed by atoms with Gasteiger partial charge in [0.1, 0.15) is 29.3 Å². The third kappa shape index (κ3) is 2.44. The molecule has 1 fully saturated rings. The summed E-state index contributed by atoms with van der Waals surface area (Å²) in [5.74, 6) is 0.774. The van der Waals surface area contributed by atoms with Crippen LogP contribution in [0.25, 0.3) is 16.7 Å². The fraction of sp³-hybridized carbons (Fsp3) is 0.211. The van der Waals surface area contributed by atoms with Crippen LogP contribution in [0, 0.1) is 5.82 Å². The number of halogens is 1. The van der Waals surface area contributed by atoms with Crippen molar-refractivity contribution in [3.8, 4) is 5.69 Å². The van der Waals surface area contributed by atoms with E-state index in [1.807, 2.05) is 6.20 Å². The van der Waals surface area contributed by atoms with Crippen LogP contribution in [0.2, 0.25) is 0 Å². The van der Waals surface area contributed by atoms with Crippen LogP contribution < -0.4 is 5.73 Å². The van der Waals surface area contributed by atoms with Gasteiger partial charge in [-0.2, -0.15) is 5.10 Å². The van der Waals surface area contributed by atoms with Gasteiger partial charge in [0.2, 0.25) is 0 Å². The lowest BCUT2D eigenvalue weighted by molar-refractivity contribution is 0.611. The topological polar surface area (TPSA) is 74.6 Å². The van der Waals surface area contributed by atoms with Crippen LogP contribution in [0.1, 0.15) is 29.9 Å². The number of hydrogen-bond acceptors (Lipinski definition) is 4. The number of rotatable bonds is 4. The summed E-state index contributed by atoms with van der Waals surface area (Å²) < 4.78 is 17.6. The van der Waals surface area contributed by atoms with E-state index in [4.69, 9.17) is 5.73 Å². The molecule has 26 heavy (non-hydrogen) atoms. The Kier molecular flexibility index (Phi) is 3.28. The maximum absolute atomic E-state index is 14.0. The number of aromatic nitrogens is 5. The van der Waals surface area contributed by atoms with Gasteiger partial charge in [-0.05, 0) is 36.5 Å². The normalized spacial score (nSPS) is 14.2. The van der Waals surface area contributed by atoms with Gasteiger partial charge in [-0.15, -0.1) is 0 Å². The van der Waals surface area contributed by atoms with Gasteiger partial charge in [-0.3, -0.25) is 0 Å². The quantitative estimate of drug-likeness (QED) is 0.614. The highest BCUT2D eigenvalue weighted by molar-refractivity contribution is 5.90. The van der Waals surface area contributed by atoms with E-state index in [-0.39, 0.29) is 5.82 Å². The van der Waals surface area contributed by atoms with Crippen molar-refractivity contribution in [2.24, 2.45) is 0 Å². The van der Waals surface area contributed by atoms with Gasteiger partial charge in [0, 0.05) is 18.0 Å². The van der Waals surface area contributed by atoms with Crippen molar-refractivity contribution >= 4 is 16.9 Å². The van der Waals surface area contributed by atoms with Crippen molar-refractivity contribution in [2.75, 3.05) is 5.73 Å². The average molecular weight is 348 g/mol. The lowest BCUT2D eigenvalue weighted by Gasteiger charge is -2.03. The molecule has 0 saturated heterocycles. The van der Waals surface area contributed by atoms with Crippen molar-refractivity contribution in [1.29, 1.82) is 0 Å². The second kappa shape index (κ2) is 5.66. The molecular weight excluding hydrogens is 331 g/mol. The average Bonchev–Trinajstić information content (AvgIpc) is 3.27. The minimum absolute atomic E-state index is 0.301. The standard InChI is InChI=1S/C19H17FN6/c20-15-3-1-2-4-16(15)26-9-12(7-24-26)8-25-10-14(13-5-6-13)17-18(21)22-11-23-19(17)25/h1-4,7,9-11,13H,5-6,8H2,(H2,21,22,23). The Morgan fingerprint density at radius 2 is 2.00 bits per heavy atom. The Labute approximate surface area is 149 Å². The first kappa shape index (κ1) is 15.1. The number of nitrogen functional groups attached to an aromatic ring is 1. The highest BCUT2D eigenvalue weighted by Crippen LogP contribution is 2.44. The van der Waals surface area contributed by atoms with E-state index in [9.17, 15) is 4.39 Å². The van der Waals surface area contributed by atoms with Crippen LogP contribution in [0.15, 0.2) is 49.2 Å². The van der Waals surface area contributed by atoms with Crippen molar-refractivity contribution in [3.63, 3.8) is 0 Å². The minimum Gasteiger partial charge on any atom is -0.383 e. The third-order valence-electron chi connectivity index (χ3n) is 4.82. The molecule has 1 saturated carbocycles. The molecular formula is C19H17FN6. The molecule has 130 valence electrons. The highest BCUT2D eigenvalue weighted by Gasteiger charge is 2.29. The van der Waals surface area contributed by atoms with Gasteiger partial charge in [-0.1, -0.05) is 12.1 Å². The number of anilines is 1. The lowest BCUT2D eigenvalue weighted by Crippen LogP contribution is -2.00. The molecule has 0 amide bonds. The third-order valence-corrected chi connectivity index (χ3v) is 4.82. The zero-order chi connectivity index (χ0) is 17.7. The Morgan fingerprint density at radius 1 is 1.15 bits per heavy atom. The summed E-state index contributed by atoms with van der Waals surface area (Å²) in [4.78, 5) is 8.58. The van der Waals surface area contributed by atoms with E-state index >= 15 is 0 Å². The number of para-hydroxylation sites is 1. The smallest absolute Gasteiger partial charge is 0.148 e. The summed E-state index contributed by atoms with van der Waals surface area (Å²) in [6.07, 6.45) is 9.56. The first-order valence-electron chi connectivity index (χ1n) is 8.58. The van der Waals surface area contributed by atoms with E-state index in [1.165, 1.54) is 30.8 Å². The van der Waals surface area contributed by atoms with Crippen molar-refractivity contribution < 1.29 is 4.39 Å². The first-order valence-corrected chi connectivity index (χ1v) is 8.58. The lowest BCUT2D eigenvalue weighted by atomic mass is 10.1. The van der Waals surface area contributed by atoms with Gasteiger partial charge >= 0.3 is 0 Å². The largest absolute Gasteiger partial charge is 0.383 e. The molecule has 0 spiro atoms. The summed E-state index contributed by atoms with van der Waals surface area (Å²) in [6, 6.07) is 6.59. The molecule has 1 aliphatic carbocycles. The fourth-order valence-electron chi connectivity index (χ4n) is 3.41. The van der Waals surface area contributed by atoms with Crippen molar-refractivity contribution in [3.05, 3.63) is 66.1 Å². The first-order chi connectivity index (χ1) is 12.7. The summed E-state index contributed by atoms with van der Waals surface area (Å²) in [5, 5.41) is 5.26. The zero-order valence-electron chi connectivity index (χ0n) is 14.0. The number of nitrogens with zero attached hydrogens (tertiary/aromatic N) is 5. The Hall–Kier alpha value is -3.22. The molecule has 3 aromatic heterocycles. The molecule has 5 rings (SSSR count). The van der Waals surface area contributed by atoms with Gasteiger partial charge in [0.05, 0.1) is 18.1 Å². The van der Waals surface area contributed by atoms with E-state index in [1.54, 1.807) is 29.1 Å². The Bertz CT molecular complexity index is 1110. The number of nitrogens with two attached hydrogens (primary N) is 1. The summed E-state index contributed by atoms with van der Waals surface area (Å²) in [6.45, 7) is 0.591. The van der Waals surface area contributed by atoms with Gasteiger partial charge in [0.15, 0.2) is 0 Å². The van der Waals surface area contributed by atoms with Crippen molar-refractivity contribution in [2.45, 2.75) is 25.3 Å². The zero-order valence-corrected chi connectivity index (χ0v) is 14.0. The Morgan fingerprint density at radius 3 is 2.81 bits per heavy atom. The molecule has 2 N–H and O–H groups in total. The van der Waals surface area contributed by atoms with Gasteiger partial charge in [-0.25, -0.2) is 19.0 Å². The molecule has 4 aromatic rings. The van der Waals surface area contributed by atoms with Crippen LogP contribution in [0.4, 0.5) is 10.2 Å². The van der Waals surface area contributed by atoms with Crippen molar-refractivity contribution in [1.82, 2.24) is 24.3 Å². The molecule has 0 radical (unpaired) electrons. The van der Waals surface area contributed by atoms with Crippen LogP contribution in [0.5, 0.6) is 0 Å². The van der Waals surface area contributed by atoms with Gasteiger partial charge < -0.3 is 10.3 Å². The molecule has 3 heterocycles. The second-order valence-corrected chi connectivity index (χ2v) is 6.69. The maximum Gasteiger partial charge on any atom is 0.148 e. The molecule has 0 bridgehead atoms. The van der Waals surface area contributed by atoms with Crippen LogP contribution in [0.3, 0.4) is 0 Å². The summed E-state index contributed by atoms with van der Waals surface area (Å²) >= 11 is 0. The minimum atomic E-state index is -0.301. The molecule has 0 atom stereocenters. The van der Waals surface area contributed by atoms with Gasteiger partial charge in [0.25, 0.3) is 0 Å². The molecule has 1 aromatic carbocycles. The predicted molar refractivity (Wildman–Crippen MR) is 96.5 cm³/mol. The molecule has 6 nitrogen and oxygen atoms in total. The number of benzene rings is 1. The molecule has 0 aliphatic heterocycles. The number of hydrogen-bond donors (Lipinski definition) is 1. The second-order valence-electron chi connectivity index (χ2n) is 6.69. The summed E-state index contributed by atoms with van der Waals surface area (Å²) in [7, 11) is 0. The summed E-state index contributed by atoms with van der Waals surface area (Å²) in [5.41, 5.74) is 9.55. The van der Waals surface area contributed by atoms with E-state index < -0.39 is 0 Å². The predicted octanol–water partition coefficient (Wildman–Crippen LogP) is 3.26.